The van der Waals surface area contributed by atoms with E-state index < -0.39 is 11.9 Å². The molecule has 0 aliphatic carbocycles. The lowest BCUT2D eigenvalue weighted by Crippen LogP contribution is -2.53. The SMILES string of the molecule is Cc1cc(C(F)(F)F)nn1CC(=O)NN1CCN(C)CC1. The van der Waals surface area contributed by atoms with E-state index >= 15 is 0 Å². The van der Waals surface area contributed by atoms with Crippen molar-refractivity contribution in [3.63, 3.8) is 0 Å². The molecule has 1 aliphatic rings. The van der Waals surface area contributed by atoms with Crippen LogP contribution in [0.4, 0.5) is 13.2 Å². The lowest BCUT2D eigenvalue weighted by Gasteiger charge is -2.32. The second-order valence-electron chi connectivity index (χ2n) is 5.15. The first-order valence-corrected chi connectivity index (χ1v) is 6.60. The molecule has 0 atom stereocenters. The van der Waals surface area contributed by atoms with Gasteiger partial charge in [0.2, 0.25) is 0 Å². The Balaban J connectivity index is 1.92. The summed E-state index contributed by atoms with van der Waals surface area (Å²) in [6, 6.07) is 0.934. The van der Waals surface area contributed by atoms with Gasteiger partial charge in [-0.25, -0.2) is 5.01 Å². The Morgan fingerprint density at radius 1 is 1.33 bits per heavy atom. The number of amides is 1. The number of aryl methyl sites for hydroxylation is 1. The van der Waals surface area contributed by atoms with E-state index in [4.69, 9.17) is 0 Å². The first-order chi connectivity index (χ1) is 9.75. The van der Waals surface area contributed by atoms with Crippen LogP contribution in [-0.2, 0) is 17.5 Å². The maximum atomic E-state index is 12.5. The highest BCUT2D eigenvalue weighted by atomic mass is 19.4. The molecule has 9 heteroatoms. The number of hydrogen-bond acceptors (Lipinski definition) is 4. The number of nitrogens with one attached hydrogen (secondary N) is 1. The minimum Gasteiger partial charge on any atom is -0.304 e. The molecule has 0 radical (unpaired) electrons. The van der Waals surface area contributed by atoms with E-state index in [9.17, 15) is 18.0 Å². The summed E-state index contributed by atoms with van der Waals surface area (Å²) in [5, 5.41) is 5.20. The smallest absolute Gasteiger partial charge is 0.304 e. The Kier molecular flexibility index (Phi) is 4.52. The van der Waals surface area contributed by atoms with Crippen LogP contribution in [0.2, 0.25) is 0 Å². The molecule has 0 aromatic carbocycles. The number of nitrogens with zero attached hydrogens (tertiary/aromatic N) is 4. The number of hydrogen-bond donors (Lipinski definition) is 1. The summed E-state index contributed by atoms with van der Waals surface area (Å²) in [5.41, 5.74) is 2.01. The van der Waals surface area contributed by atoms with Gasteiger partial charge in [-0.1, -0.05) is 0 Å². The minimum absolute atomic E-state index is 0.228. The van der Waals surface area contributed by atoms with E-state index in [1.807, 2.05) is 7.05 Å². The first-order valence-electron chi connectivity index (χ1n) is 6.60. The summed E-state index contributed by atoms with van der Waals surface area (Å²) in [6.45, 7) is 4.31. The van der Waals surface area contributed by atoms with Crippen molar-refractivity contribution in [1.29, 1.82) is 0 Å². The molecule has 1 N–H and O–H groups in total. The van der Waals surface area contributed by atoms with Gasteiger partial charge < -0.3 is 4.90 Å². The molecule has 118 valence electrons. The van der Waals surface area contributed by atoms with E-state index in [1.54, 1.807) is 5.01 Å². The molecule has 0 spiro atoms. The van der Waals surface area contributed by atoms with Gasteiger partial charge in [0.1, 0.15) is 6.54 Å². The molecule has 0 bridgehead atoms. The molecule has 1 saturated heterocycles. The molecule has 2 rings (SSSR count). The molecule has 2 heterocycles. The average Bonchev–Trinajstić information content (AvgIpc) is 2.74. The Morgan fingerprint density at radius 3 is 2.48 bits per heavy atom. The van der Waals surface area contributed by atoms with Crippen LogP contribution in [0, 0.1) is 6.92 Å². The molecule has 1 aromatic heterocycles. The van der Waals surface area contributed by atoms with Gasteiger partial charge in [-0.3, -0.25) is 14.9 Å². The van der Waals surface area contributed by atoms with Gasteiger partial charge in [0.15, 0.2) is 5.69 Å². The van der Waals surface area contributed by atoms with E-state index in [1.165, 1.54) is 6.92 Å². The third kappa shape index (κ3) is 4.18. The number of piperazine rings is 1. The largest absolute Gasteiger partial charge is 0.435 e. The van der Waals surface area contributed by atoms with Crippen molar-refractivity contribution in [3.05, 3.63) is 17.5 Å². The average molecular weight is 305 g/mol. The highest BCUT2D eigenvalue weighted by molar-refractivity contribution is 5.75. The van der Waals surface area contributed by atoms with Gasteiger partial charge in [0.25, 0.3) is 5.91 Å². The number of carbonyl (C=O) groups excluding carboxylic acids is 1. The zero-order valence-electron chi connectivity index (χ0n) is 11.9. The van der Waals surface area contributed by atoms with Crippen LogP contribution in [0.15, 0.2) is 6.07 Å². The standard InChI is InChI=1S/C12H18F3N5O/c1-9-7-10(12(13,14)15)16-20(9)8-11(21)17-19-5-3-18(2)4-6-19/h7H,3-6,8H2,1-2H3,(H,17,21). The fraction of sp³-hybridized carbons (Fsp3) is 0.667. The van der Waals surface area contributed by atoms with Crippen LogP contribution in [-0.4, -0.2) is 58.8 Å². The molecule has 0 unspecified atom stereocenters. The number of rotatable bonds is 3. The predicted molar refractivity (Wildman–Crippen MR) is 69.2 cm³/mol. The van der Waals surface area contributed by atoms with Crippen molar-refractivity contribution in [2.24, 2.45) is 0 Å². The van der Waals surface area contributed by atoms with Crippen molar-refractivity contribution in [3.8, 4) is 0 Å². The molecular formula is C12H18F3N5O. The van der Waals surface area contributed by atoms with E-state index in [-0.39, 0.29) is 12.5 Å². The van der Waals surface area contributed by atoms with Crippen LogP contribution < -0.4 is 5.43 Å². The molecular weight excluding hydrogens is 287 g/mol. The number of aromatic nitrogens is 2. The topological polar surface area (TPSA) is 53.4 Å². The van der Waals surface area contributed by atoms with Crippen molar-refractivity contribution < 1.29 is 18.0 Å². The first kappa shape index (κ1) is 15.8. The number of alkyl halides is 3. The van der Waals surface area contributed by atoms with Crippen LogP contribution in [0.1, 0.15) is 11.4 Å². The maximum absolute atomic E-state index is 12.5. The molecule has 1 aliphatic heterocycles. The molecule has 1 fully saturated rings. The van der Waals surface area contributed by atoms with Crippen LogP contribution >= 0.6 is 0 Å². The van der Waals surface area contributed by atoms with Gasteiger partial charge in [-0.2, -0.15) is 18.3 Å². The third-order valence-electron chi connectivity index (χ3n) is 3.35. The van der Waals surface area contributed by atoms with E-state index in [0.717, 1.165) is 23.8 Å². The summed E-state index contributed by atoms with van der Waals surface area (Å²) < 4.78 is 38.7. The Labute approximate surface area is 120 Å². The van der Waals surface area contributed by atoms with Gasteiger partial charge in [0.05, 0.1) is 0 Å². The quantitative estimate of drug-likeness (QED) is 0.883. The molecule has 6 nitrogen and oxygen atoms in total. The summed E-state index contributed by atoms with van der Waals surface area (Å²) in [5.74, 6) is -0.375. The van der Waals surface area contributed by atoms with Crippen molar-refractivity contribution in [1.82, 2.24) is 25.1 Å². The molecule has 21 heavy (non-hydrogen) atoms. The Bertz CT molecular complexity index is 505. The van der Waals surface area contributed by atoms with Crippen LogP contribution in [0.25, 0.3) is 0 Å². The number of hydrazine groups is 1. The second-order valence-corrected chi connectivity index (χ2v) is 5.15. The van der Waals surface area contributed by atoms with Crippen molar-refractivity contribution >= 4 is 5.91 Å². The number of likely N-dealkylation sites (N-methyl/N-ethyl adjacent to an activating group) is 1. The van der Waals surface area contributed by atoms with Gasteiger partial charge >= 0.3 is 6.18 Å². The fourth-order valence-corrected chi connectivity index (χ4v) is 2.07. The maximum Gasteiger partial charge on any atom is 0.435 e. The Hall–Kier alpha value is -1.61. The summed E-state index contributed by atoms with van der Waals surface area (Å²) in [4.78, 5) is 14.0. The lowest BCUT2D eigenvalue weighted by atomic mass is 10.3. The number of carbonyl (C=O) groups is 1. The van der Waals surface area contributed by atoms with Gasteiger partial charge in [-0.15, -0.1) is 0 Å². The molecule has 1 amide bonds. The fourth-order valence-electron chi connectivity index (χ4n) is 2.07. The monoisotopic (exact) mass is 305 g/mol. The lowest BCUT2D eigenvalue weighted by molar-refractivity contribution is -0.142. The summed E-state index contributed by atoms with van der Waals surface area (Å²) in [6.07, 6.45) is -4.50. The number of halogens is 3. The predicted octanol–water partition coefficient (Wildman–Crippen LogP) is 0.489. The summed E-state index contributed by atoms with van der Waals surface area (Å²) in [7, 11) is 1.99. The van der Waals surface area contributed by atoms with Crippen molar-refractivity contribution in [2.75, 3.05) is 33.2 Å². The normalized spacial score (nSPS) is 18.0. The highest BCUT2D eigenvalue weighted by Crippen LogP contribution is 2.28. The zero-order chi connectivity index (χ0) is 15.6. The second kappa shape index (κ2) is 6.02. The van der Waals surface area contributed by atoms with E-state index in [2.05, 4.69) is 15.4 Å². The van der Waals surface area contributed by atoms with E-state index in [0.29, 0.717) is 18.8 Å². The summed E-state index contributed by atoms with van der Waals surface area (Å²) >= 11 is 0. The van der Waals surface area contributed by atoms with Crippen molar-refractivity contribution in [2.45, 2.75) is 19.6 Å². The van der Waals surface area contributed by atoms with Crippen LogP contribution in [0.3, 0.4) is 0 Å². The Morgan fingerprint density at radius 2 is 1.95 bits per heavy atom. The molecule has 0 saturated carbocycles. The molecule has 1 aromatic rings. The van der Waals surface area contributed by atoms with Gasteiger partial charge in [-0.05, 0) is 20.0 Å². The third-order valence-corrected chi connectivity index (χ3v) is 3.35. The highest BCUT2D eigenvalue weighted by Gasteiger charge is 2.34. The van der Waals surface area contributed by atoms with Crippen LogP contribution in [0.5, 0.6) is 0 Å². The zero-order valence-corrected chi connectivity index (χ0v) is 11.9. The van der Waals surface area contributed by atoms with Gasteiger partial charge in [0, 0.05) is 31.9 Å². The minimum atomic E-state index is -4.50.